The number of hydrogen-bond acceptors (Lipinski definition) is 5. The lowest BCUT2D eigenvalue weighted by molar-refractivity contribution is 0.0523. The van der Waals surface area contributed by atoms with Crippen LogP contribution in [0.25, 0.3) is 0 Å². The standard InChI is InChI=1S/C14H23N3O4/c1-14(2,3)21-13(19)16-7-10(15)9-6-11(12(18)20-5)17(4)8-9/h6,8,10H,7,15H2,1-5H3,(H,16,19). The molecule has 0 aliphatic rings. The largest absolute Gasteiger partial charge is 0.464 e. The number of rotatable bonds is 4. The van der Waals surface area contributed by atoms with E-state index in [0.29, 0.717) is 5.69 Å². The minimum absolute atomic E-state index is 0.208. The number of hydrogen-bond donors (Lipinski definition) is 2. The van der Waals surface area contributed by atoms with E-state index in [2.05, 4.69) is 10.1 Å². The Balaban J connectivity index is 2.62. The zero-order valence-electron chi connectivity index (χ0n) is 13.1. The van der Waals surface area contributed by atoms with Gasteiger partial charge in [0.2, 0.25) is 0 Å². The molecule has 0 radical (unpaired) electrons. The molecule has 1 aromatic rings. The Morgan fingerprint density at radius 2 is 2.05 bits per heavy atom. The molecule has 0 spiro atoms. The molecule has 0 saturated carbocycles. The third kappa shape index (κ3) is 5.11. The molecule has 21 heavy (non-hydrogen) atoms. The lowest BCUT2D eigenvalue weighted by Gasteiger charge is -2.20. The highest BCUT2D eigenvalue weighted by Crippen LogP contribution is 2.15. The van der Waals surface area contributed by atoms with Gasteiger partial charge in [0.15, 0.2) is 0 Å². The first kappa shape index (κ1) is 17.0. The lowest BCUT2D eigenvalue weighted by Crippen LogP contribution is -2.36. The first-order valence-corrected chi connectivity index (χ1v) is 6.61. The minimum Gasteiger partial charge on any atom is -0.464 e. The summed E-state index contributed by atoms with van der Waals surface area (Å²) >= 11 is 0. The maximum absolute atomic E-state index is 11.6. The smallest absolute Gasteiger partial charge is 0.407 e. The Morgan fingerprint density at radius 1 is 1.43 bits per heavy atom. The average Bonchev–Trinajstić information content (AvgIpc) is 2.75. The summed E-state index contributed by atoms with van der Waals surface area (Å²) in [4.78, 5) is 23.1. The van der Waals surface area contributed by atoms with Crippen LogP contribution in [-0.4, -0.2) is 35.9 Å². The zero-order chi connectivity index (χ0) is 16.2. The van der Waals surface area contributed by atoms with Crippen molar-refractivity contribution in [3.8, 4) is 0 Å². The number of nitrogens with zero attached hydrogens (tertiary/aromatic N) is 1. The van der Waals surface area contributed by atoms with Crippen LogP contribution in [0.15, 0.2) is 12.3 Å². The van der Waals surface area contributed by atoms with Gasteiger partial charge in [-0.1, -0.05) is 0 Å². The van der Waals surface area contributed by atoms with Crippen molar-refractivity contribution in [1.82, 2.24) is 9.88 Å². The van der Waals surface area contributed by atoms with E-state index in [9.17, 15) is 9.59 Å². The van der Waals surface area contributed by atoms with Gasteiger partial charge in [0.05, 0.1) is 7.11 Å². The number of nitrogens with two attached hydrogens (primary N) is 1. The highest BCUT2D eigenvalue weighted by Gasteiger charge is 2.19. The summed E-state index contributed by atoms with van der Waals surface area (Å²) in [6, 6.07) is 1.20. The molecular formula is C14H23N3O4. The third-order valence-electron chi connectivity index (χ3n) is 2.71. The Bertz CT molecular complexity index is 517. The van der Waals surface area contributed by atoms with Crippen molar-refractivity contribution in [3.05, 3.63) is 23.5 Å². The first-order valence-electron chi connectivity index (χ1n) is 6.61. The molecule has 3 N–H and O–H groups in total. The van der Waals surface area contributed by atoms with E-state index in [-0.39, 0.29) is 6.54 Å². The zero-order valence-corrected chi connectivity index (χ0v) is 13.1. The number of alkyl carbamates (subject to hydrolysis) is 1. The van der Waals surface area contributed by atoms with E-state index in [4.69, 9.17) is 10.5 Å². The summed E-state index contributed by atoms with van der Waals surface area (Å²) in [5.41, 5.74) is 6.57. The second-order valence-corrected chi connectivity index (χ2v) is 5.75. The number of ether oxygens (including phenoxy) is 2. The average molecular weight is 297 g/mol. The molecular weight excluding hydrogens is 274 g/mol. The summed E-state index contributed by atoms with van der Waals surface area (Å²) in [5, 5.41) is 2.60. The number of carbonyl (C=O) groups is 2. The molecule has 1 amide bonds. The van der Waals surface area contributed by atoms with Crippen molar-refractivity contribution in [2.75, 3.05) is 13.7 Å². The van der Waals surface area contributed by atoms with Crippen LogP contribution in [-0.2, 0) is 16.5 Å². The van der Waals surface area contributed by atoms with E-state index >= 15 is 0 Å². The van der Waals surface area contributed by atoms with Crippen LogP contribution in [0.1, 0.15) is 42.9 Å². The van der Waals surface area contributed by atoms with Gasteiger partial charge in [-0.2, -0.15) is 0 Å². The van der Waals surface area contributed by atoms with Crippen molar-refractivity contribution in [2.24, 2.45) is 12.8 Å². The molecule has 0 saturated heterocycles. The van der Waals surface area contributed by atoms with Gasteiger partial charge < -0.3 is 25.1 Å². The number of aryl methyl sites for hydroxylation is 1. The van der Waals surface area contributed by atoms with Gasteiger partial charge >= 0.3 is 12.1 Å². The number of aromatic nitrogens is 1. The number of methoxy groups -OCH3 is 1. The van der Waals surface area contributed by atoms with Crippen molar-refractivity contribution >= 4 is 12.1 Å². The molecule has 0 bridgehead atoms. The fourth-order valence-corrected chi connectivity index (χ4v) is 1.73. The van der Waals surface area contributed by atoms with Crippen molar-refractivity contribution < 1.29 is 19.1 Å². The lowest BCUT2D eigenvalue weighted by atomic mass is 10.1. The highest BCUT2D eigenvalue weighted by molar-refractivity contribution is 5.88. The van der Waals surface area contributed by atoms with Crippen LogP contribution in [0.2, 0.25) is 0 Å². The number of carbonyl (C=O) groups excluding carboxylic acids is 2. The van der Waals surface area contributed by atoms with Crippen LogP contribution in [0.5, 0.6) is 0 Å². The monoisotopic (exact) mass is 297 g/mol. The van der Waals surface area contributed by atoms with Crippen LogP contribution in [0.3, 0.4) is 0 Å². The molecule has 0 aliphatic carbocycles. The molecule has 1 heterocycles. The molecule has 7 heteroatoms. The third-order valence-corrected chi connectivity index (χ3v) is 2.71. The maximum atomic E-state index is 11.6. The number of amides is 1. The molecule has 1 unspecified atom stereocenters. The molecule has 0 fully saturated rings. The summed E-state index contributed by atoms with van der Waals surface area (Å²) < 4.78 is 11.4. The van der Waals surface area contributed by atoms with E-state index in [0.717, 1.165) is 5.56 Å². The van der Waals surface area contributed by atoms with Crippen molar-refractivity contribution in [2.45, 2.75) is 32.4 Å². The molecule has 1 aromatic heterocycles. The highest BCUT2D eigenvalue weighted by atomic mass is 16.6. The molecule has 0 aliphatic heterocycles. The Labute approximate surface area is 124 Å². The molecule has 118 valence electrons. The summed E-state index contributed by atoms with van der Waals surface area (Å²) in [6.45, 7) is 5.56. The minimum atomic E-state index is -0.557. The number of esters is 1. The van der Waals surface area contributed by atoms with Crippen molar-refractivity contribution in [1.29, 1.82) is 0 Å². The van der Waals surface area contributed by atoms with Crippen LogP contribution in [0.4, 0.5) is 4.79 Å². The van der Waals surface area contributed by atoms with Crippen LogP contribution < -0.4 is 11.1 Å². The molecule has 7 nitrogen and oxygen atoms in total. The summed E-state index contributed by atoms with van der Waals surface area (Å²) in [7, 11) is 3.04. The van der Waals surface area contributed by atoms with E-state index in [1.165, 1.54) is 7.11 Å². The Morgan fingerprint density at radius 3 is 2.57 bits per heavy atom. The van der Waals surface area contributed by atoms with Gasteiger partial charge in [-0.25, -0.2) is 9.59 Å². The van der Waals surface area contributed by atoms with Crippen molar-refractivity contribution in [3.63, 3.8) is 0 Å². The van der Waals surface area contributed by atoms with Gasteiger partial charge in [0, 0.05) is 25.8 Å². The van der Waals surface area contributed by atoms with E-state index in [1.807, 2.05) is 0 Å². The Kier molecular flexibility index (Phi) is 5.37. The second kappa shape index (κ2) is 6.62. The quantitative estimate of drug-likeness (QED) is 0.818. The fourth-order valence-electron chi connectivity index (χ4n) is 1.73. The van der Waals surface area contributed by atoms with E-state index in [1.54, 1.807) is 44.6 Å². The summed E-state index contributed by atoms with van der Waals surface area (Å²) in [6.07, 6.45) is 1.20. The van der Waals surface area contributed by atoms with Gasteiger partial charge in [-0.05, 0) is 32.4 Å². The first-order chi connectivity index (χ1) is 9.64. The molecule has 1 atom stereocenters. The molecule has 1 rings (SSSR count). The van der Waals surface area contributed by atoms with Gasteiger partial charge in [0.25, 0.3) is 0 Å². The predicted molar refractivity (Wildman–Crippen MR) is 77.9 cm³/mol. The predicted octanol–water partition coefficient (Wildman–Crippen LogP) is 1.34. The molecule has 0 aromatic carbocycles. The van der Waals surface area contributed by atoms with Crippen LogP contribution >= 0.6 is 0 Å². The Hall–Kier alpha value is -2.02. The summed E-state index contributed by atoms with van der Waals surface area (Å²) in [5.74, 6) is -0.434. The SMILES string of the molecule is COC(=O)c1cc(C(N)CNC(=O)OC(C)(C)C)cn1C. The van der Waals surface area contributed by atoms with Gasteiger partial charge in [0.1, 0.15) is 11.3 Å². The second-order valence-electron chi connectivity index (χ2n) is 5.75. The normalized spacial score (nSPS) is 12.7. The topological polar surface area (TPSA) is 95.6 Å². The van der Waals surface area contributed by atoms with Gasteiger partial charge in [-0.15, -0.1) is 0 Å². The van der Waals surface area contributed by atoms with E-state index < -0.39 is 23.7 Å². The fraction of sp³-hybridized carbons (Fsp3) is 0.571. The van der Waals surface area contributed by atoms with Crippen LogP contribution in [0, 0.1) is 0 Å². The van der Waals surface area contributed by atoms with Gasteiger partial charge in [-0.3, -0.25) is 0 Å². The number of nitrogens with one attached hydrogen (secondary N) is 1. The maximum Gasteiger partial charge on any atom is 0.407 e.